The van der Waals surface area contributed by atoms with Crippen molar-refractivity contribution in [3.05, 3.63) is 29.8 Å². The zero-order chi connectivity index (χ0) is 13.2. The van der Waals surface area contributed by atoms with Crippen LogP contribution in [0.4, 0.5) is 0 Å². The van der Waals surface area contributed by atoms with Crippen molar-refractivity contribution in [2.45, 2.75) is 24.7 Å². The molecular formula is C13H20N2O2S. The summed E-state index contributed by atoms with van der Waals surface area (Å²) in [5, 5.41) is 3.16. The van der Waals surface area contributed by atoms with Crippen molar-refractivity contribution in [1.82, 2.24) is 9.62 Å². The largest absolute Gasteiger partial charge is 0.314 e. The Hall–Kier alpha value is -0.910. The summed E-state index contributed by atoms with van der Waals surface area (Å²) in [4.78, 5) is 0.413. The number of rotatable bonds is 3. The molecule has 0 radical (unpaired) electrons. The van der Waals surface area contributed by atoms with Gasteiger partial charge in [0.2, 0.25) is 10.0 Å². The summed E-state index contributed by atoms with van der Waals surface area (Å²) in [6, 6.07) is 7.27. The Labute approximate surface area is 109 Å². The maximum absolute atomic E-state index is 12.5. The molecule has 1 fully saturated rings. The van der Waals surface area contributed by atoms with E-state index in [-0.39, 0.29) is 0 Å². The quantitative estimate of drug-likeness (QED) is 0.901. The molecule has 1 aliphatic heterocycles. The van der Waals surface area contributed by atoms with Gasteiger partial charge in [-0.2, -0.15) is 4.31 Å². The van der Waals surface area contributed by atoms with Gasteiger partial charge in [-0.25, -0.2) is 8.42 Å². The minimum atomic E-state index is -3.32. The third-order valence-corrected chi connectivity index (χ3v) is 5.13. The van der Waals surface area contributed by atoms with Crippen LogP contribution in [0.3, 0.4) is 0 Å². The summed E-state index contributed by atoms with van der Waals surface area (Å²) in [6.45, 7) is 6.68. The monoisotopic (exact) mass is 268 g/mol. The third-order valence-electron chi connectivity index (χ3n) is 3.24. The first-order chi connectivity index (χ1) is 8.51. The first-order valence-electron chi connectivity index (χ1n) is 6.32. The SMILES string of the molecule is CC(C)c1cccc(S(=O)(=O)N2CCNCC2)c1. The predicted octanol–water partition coefficient (Wildman–Crippen LogP) is 1.40. The molecule has 0 atom stereocenters. The molecule has 0 aliphatic carbocycles. The first kappa shape index (κ1) is 13.5. The standard InChI is InChI=1S/C13H20N2O2S/c1-11(2)12-4-3-5-13(10-12)18(16,17)15-8-6-14-7-9-15/h3-5,10-11,14H,6-9H2,1-2H3. The lowest BCUT2D eigenvalue weighted by Crippen LogP contribution is -2.46. The average molecular weight is 268 g/mol. The van der Waals surface area contributed by atoms with Crippen LogP contribution in [0, 0.1) is 0 Å². The minimum Gasteiger partial charge on any atom is -0.314 e. The first-order valence-corrected chi connectivity index (χ1v) is 7.76. The van der Waals surface area contributed by atoms with E-state index >= 15 is 0 Å². The summed E-state index contributed by atoms with van der Waals surface area (Å²) in [6.07, 6.45) is 0. The maximum atomic E-state index is 12.5. The number of hydrogen-bond acceptors (Lipinski definition) is 3. The van der Waals surface area contributed by atoms with Gasteiger partial charge in [0.1, 0.15) is 0 Å². The van der Waals surface area contributed by atoms with E-state index < -0.39 is 10.0 Å². The number of benzene rings is 1. The van der Waals surface area contributed by atoms with Gasteiger partial charge in [-0.3, -0.25) is 0 Å². The molecular weight excluding hydrogens is 248 g/mol. The van der Waals surface area contributed by atoms with Gasteiger partial charge in [0, 0.05) is 26.2 Å². The molecule has 1 saturated heterocycles. The molecule has 0 aromatic heterocycles. The fraction of sp³-hybridized carbons (Fsp3) is 0.538. The van der Waals surface area contributed by atoms with Gasteiger partial charge >= 0.3 is 0 Å². The van der Waals surface area contributed by atoms with E-state index in [4.69, 9.17) is 0 Å². The molecule has 2 rings (SSSR count). The van der Waals surface area contributed by atoms with Gasteiger partial charge in [-0.15, -0.1) is 0 Å². The molecule has 1 heterocycles. The fourth-order valence-electron chi connectivity index (χ4n) is 2.07. The van der Waals surface area contributed by atoms with Crippen molar-refractivity contribution in [3.63, 3.8) is 0 Å². The second-order valence-corrected chi connectivity index (χ2v) is 6.82. The van der Waals surface area contributed by atoms with Crippen molar-refractivity contribution >= 4 is 10.0 Å². The summed E-state index contributed by atoms with van der Waals surface area (Å²) in [5.74, 6) is 0.336. The van der Waals surface area contributed by atoms with E-state index in [1.165, 1.54) is 0 Å². The van der Waals surface area contributed by atoms with Gasteiger partial charge in [0.05, 0.1) is 4.90 Å². The summed E-state index contributed by atoms with van der Waals surface area (Å²) >= 11 is 0. The van der Waals surface area contributed by atoms with E-state index in [2.05, 4.69) is 19.2 Å². The van der Waals surface area contributed by atoms with Gasteiger partial charge in [0.15, 0.2) is 0 Å². The molecule has 1 aliphatic rings. The van der Waals surface area contributed by atoms with Crippen molar-refractivity contribution < 1.29 is 8.42 Å². The highest BCUT2D eigenvalue weighted by atomic mass is 32.2. The van der Waals surface area contributed by atoms with Gasteiger partial charge < -0.3 is 5.32 Å². The fourth-order valence-corrected chi connectivity index (χ4v) is 3.56. The Bertz CT molecular complexity index is 505. The minimum absolute atomic E-state index is 0.336. The van der Waals surface area contributed by atoms with Crippen LogP contribution >= 0.6 is 0 Å². The lowest BCUT2D eigenvalue weighted by atomic mass is 10.0. The number of piperazine rings is 1. The van der Waals surface area contributed by atoms with Crippen molar-refractivity contribution in [3.8, 4) is 0 Å². The molecule has 0 bridgehead atoms. The van der Waals surface area contributed by atoms with Crippen LogP contribution in [0.2, 0.25) is 0 Å². The summed E-state index contributed by atoms with van der Waals surface area (Å²) in [7, 11) is -3.32. The molecule has 100 valence electrons. The molecule has 0 amide bonds. The van der Waals surface area contributed by atoms with Crippen molar-refractivity contribution in [2.24, 2.45) is 0 Å². The molecule has 1 aromatic rings. The van der Waals surface area contributed by atoms with Crippen LogP contribution in [0.25, 0.3) is 0 Å². The summed E-state index contributed by atoms with van der Waals surface area (Å²) in [5.41, 5.74) is 1.06. The van der Waals surface area contributed by atoms with E-state index in [0.717, 1.165) is 18.7 Å². The second-order valence-electron chi connectivity index (χ2n) is 4.88. The lowest BCUT2D eigenvalue weighted by Gasteiger charge is -2.26. The van der Waals surface area contributed by atoms with Crippen LogP contribution in [0.15, 0.2) is 29.2 Å². The number of nitrogens with zero attached hydrogens (tertiary/aromatic N) is 1. The highest BCUT2D eigenvalue weighted by Crippen LogP contribution is 2.21. The molecule has 1 N–H and O–H groups in total. The normalized spacial score (nSPS) is 18.2. The summed E-state index contributed by atoms with van der Waals surface area (Å²) < 4.78 is 26.5. The van der Waals surface area contributed by atoms with Crippen molar-refractivity contribution in [2.75, 3.05) is 26.2 Å². The molecule has 5 heteroatoms. The lowest BCUT2D eigenvalue weighted by molar-refractivity contribution is 0.360. The smallest absolute Gasteiger partial charge is 0.243 e. The van der Waals surface area contributed by atoms with E-state index in [1.54, 1.807) is 16.4 Å². The molecule has 0 unspecified atom stereocenters. The number of nitrogens with one attached hydrogen (secondary N) is 1. The van der Waals surface area contributed by atoms with Crippen molar-refractivity contribution in [1.29, 1.82) is 0 Å². The molecule has 1 aromatic carbocycles. The highest BCUT2D eigenvalue weighted by Gasteiger charge is 2.25. The zero-order valence-corrected chi connectivity index (χ0v) is 11.7. The Morgan fingerprint density at radius 3 is 2.50 bits per heavy atom. The van der Waals surface area contributed by atoms with Gasteiger partial charge in [-0.05, 0) is 23.6 Å². The second kappa shape index (κ2) is 5.38. The van der Waals surface area contributed by atoms with Gasteiger partial charge in [-0.1, -0.05) is 26.0 Å². The number of hydrogen-bond donors (Lipinski definition) is 1. The van der Waals surface area contributed by atoms with Crippen LogP contribution in [0.1, 0.15) is 25.3 Å². The Kier molecular flexibility index (Phi) is 4.04. The zero-order valence-electron chi connectivity index (χ0n) is 10.9. The average Bonchev–Trinajstić information content (AvgIpc) is 2.40. The van der Waals surface area contributed by atoms with Crippen LogP contribution in [0.5, 0.6) is 0 Å². The topological polar surface area (TPSA) is 49.4 Å². The van der Waals surface area contributed by atoms with Crippen LogP contribution in [-0.4, -0.2) is 38.9 Å². The highest BCUT2D eigenvalue weighted by molar-refractivity contribution is 7.89. The van der Waals surface area contributed by atoms with E-state index in [9.17, 15) is 8.42 Å². The van der Waals surface area contributed by atoms with Gasteiger partial charge in [0.25, 0.3) is 0 Å². The Morgan fingerprint density at radius 1 is 1.22 bits per heavy atom. The van der Waals surface area contributed by atoms with E-state index in [0.29, 0.717) is 23.9 Å². The maximum Gasteiger partial charge on any atom is 0.243 e. The molecule has 18 heavy (non-hydrogen) atoms. The third kappa shape index (κ3) is 2.74. The van der Waals surface area contributed by atoms with Crippen LogP contribution < -0.4 is 5.32 Å². The molecule has 0 spiro atoms. The van der Waals surface area contributed by atoms with E-state index in [1.807, 2.05) is 12.1 Å². The number of sulfonamides is 1. The predicted molar refractivity (Wildman–Crippen MR) is 72.2 cm³/mol. The molecule has 4 nitrogen and oxygen atoms in total. The Morgan fingerprint density at radius 2 is 1.89 bits per heavy atom. The molecule has 0 saturated carbocycles. The Balaban J connectivity index is 2.31. The van der Waals surface area contributed by atoms with Crippen LogP contribution in [-0.2, 0) is 10.0 Å².